The summed E-state index contributed by atoms with van der Waals surface area (Å²) in [5.41, 5.74) is 0.639. The quantitative estimate of drug-likeness (QED) is 0.845. The zero-order valence-corrected chi connectivity index (χ0v) is 10.4. The van der Waals surface area contributed by atoms with Crippen LogP contribution in [-0.4, -0.2) is 23.5 Å². The summed E-state index contributed by atoms with van der Waals surface area (Å²) < 4.78 is 0. The van der Waals surface area contributed by atoms with Crippen LogP contribution < -0.4 is 5.32 Å². The summed E-state index contributed by atoms with van der Waals surface area (Å²) in [4.78, 5) is 24.3. The Kier molecular flexibility index (Phi) is 4.06. The Labute approximate surface area is 98.3 Å². The molecule has 1 amide bonds. The Morgan fingerprint density at radius 3 is 2.56 bits per heavy atom. The second-order valence-electron chi connectivity index (χ2n) is 3.78. The predicted molar refractivity (Wildman–Crippen MR) is 62.9 cm³/mol. The number of thiophene rings is 1. The Hall–Kier alpha value is -1.36. The molecule has 0 aliphatic heterocycles. The van der Waals surface area contributed by atoms with E-state index in [-0.39, 0.29) is 12.5 Å². The third-order valence-electron chi connectivity index (χ3n) is 2.28. The van der Waals surface area contributed by atoms with Crippen molar-refractivity contribution in [2.75, 3.05) is 6.54 Å². The van der Waals surface area contributed by atoms with Gasteiger partial charge in [0.2, 0.25) is 0 Å². The van der Waals surface area contributed by atoms with Gasteiger partial charge in [-0.05, 0) is 19.9 Å². The topological polar surface area (TPSA) is 66.4 Å². The van der Waals surface area contributed by atoms with Crippen molar-refractivity contribution in [3.05, 3.63) is 21.4 Å². The second-order valence-corrected chi connectivity index (χ2v) is 5.24. The maximum Gasteiger partial charge on any atom is 0.308 e. The van der Waals surface area contributed by atoms with E-state index in [1.807, 2.05) is 19.9 Å². The standard InChI is InChI=1S/C11H15NO3S/c1-6(11(14)15)5-12-10(13)9-4-7(2)16-8(9)3/h4,6H,5H2,1-3H3,(H,12,13)(H,14,15)/t6-/m1/s1. The van der Waals surface area contributed by atoms with Crippen LogP contribution in [0.3, 0.4) is 0 Å². The lowest BCUT2D eigenvalue weighted by Crippen LogP contribution is -2.31. The minimum atomic E-state index is -0.904. The van der Waals surface area contributed by atoms with Crippen molar-refractivity contribution in [3.8, 4) is 0 Å². The van der Waals surface area contributed by atoms with Crippen molar-refractivity contribution in [2.24, 2.45) is 5.92 Å². The van der Waals surface area contributed by atoms with Gasteiger partial charge in [0, 0.05) is 16.3 Å². The molecule has 1 aromatic heterocycles. The van der Waals surface area contributed by atoms with Gasteiger partial charge in [0.1, 0.15) is 0 Å². The van der Waals surface area contributed by atoms with Crippen molar-refractivity contribution in [1.82, 2.24) is 5.32 Å². The maximum atomic E-state index is 11.7. The van der Waals surface area contributed by atoms with Crippen LogP contribution in [0.25, 0.3) is 0 Å². The highest BCUT2D eigenvalue weighted by molar-refractivity contribution is 7.12. The first-order chi connectivity index (χ1) is 7.41. The molecule has 4 nitrogen and oxygen atoms in total. The number of aryl methyl sites for hydroxylation is 2. The first-order valence-electron chi connectivity index (χ1n) is 5.00. The fourth-order valence-corrected chi connectivity index (χ4v) is 2.21. The van der Waals surface area contributed by atoms with E-state index in [0.717, 1.165) is 9.75 Å². The molecule has 0 bridgehead atoms. The summed E-state index contributed by atoms with van der Waals surface area (Å²) in [5, 5.41) is 11.3. The Morgan fingerprint density at radius 2 is 2.12 bits per heavy atom. The highest BCUT2D eigenvalue weighted by Gasteiger charge is 2.15. The van der Waals surface area contributed by atoms with Crippen LogP contribution in [0.15, 0.2) is 6.07 Å². The summed E-state index contributed by atoms with van der Waals surface area (Å²) in [7, 11) is 0. The van der Waals surface area contributed by atoms with Crippen LogP contribution in [0, 0.1) is 19.8 Å². The van der Waals surface area contributed by atoms with E-state index < -0.39 is 11.9 Å². The average molecular weight is 241 g/mol. The van der Waals surface area contributed by atoms with Gasteiger partial charge in [-0.2, -0.15) is 0 Å². The number of nitrogens with one attached hydrogen (secondary N) is 1. The Morgan fingerprint density at radius 1 is 1.50 bits per heavy atom. The van der Waals surface area contributed by atoms with Crippen LogP contribution in [0.4, 0.5) is 0 Å². The molecule has 0 fully saturated rings. The van der Waals surface area contributed by atoms with Crippen molar-refractivity contribution < 1.29 is 14.7 Å². The summed E-state index contributed by atoms with van der Waals surface area (Å²) in [6.07, 6.45) is 0. The van der Waals surface area contributed by atoms with Crippen LogP contribution in [0.1, 0.15) is 27.0 Å². The average Bonchev–Trinajstić information content (AvgIpc) is 2.53. The largest absolute Gasteiger partial charge is 0.481 e. The number of amides is 1. The lowest BCUT2D eigenvalue weighted by molar-refractivity contribution is -0.140. The normalized spacial score (nSPS) is 12.2. The van der Waals surface area contributed by atoms with E-state index in [2.05, 4.69) is 5.32 Å². The van der Waals surface area contributed by atoms with Gasteiger partial charge in [-0.3, -0.25) is 9.59 Å². The van der Waals surface area contributed by atoms with E-state index in [1.165, 1.54) is 0 Å². The number of carbonyl (C=O) groups is 2. The number of rotatable bonds is 4. The van der Waals surface area contributed by atoms with Gasteiger partial charge in [0.15, 0.2) is 0 Å². The number of aliphatic carboxylic acids is 1. The van der Waals surface area contributed by atoms with Gasteiger partial charge >= 0.3 is 5.97 Å². The molecular formula is C11H15NO3S. The molecule has 88 valence electrons. The molecule has 16 heavy (non-hydrogen) atoms. The van der Waals surface area contributed by atoms with Crippen molar-refractivity contribution >= 4 is 23.2 Å². The molecule has 0 aliphatic carbocycles. The molecule has 1 atom stereocenters. The van der Waals surface area contributed by atoms with E-state index >= 15 is 0 Å². The van der Waals surface area contributed by atoms with Gasteiger partial charge in [0.25, 0.3) is 5.91 Å². The fraction of sp³-hybridized carbons (Fsp3) is 0.455. The SMILES string of the molecule is Cc1cc(C(=O)NC[C@@H](C)C(=O)O)c(C)s1. The van der Waals surface area contributed by atoms with Crippen LogP contribution in [0.5, 0.6) is 0 Å². The molecule has 0 spiro atoms. The van der Waals surface area contributed by atoms with E-state index in [4.69, 9.17) is 5.11 Å². The van der Waals surface area contributed by atoms with Crippen molar-refractivity contribution in [1.29, 1.82) is 0 Å². The molecule has 1 rings (SSSR count). The van der Waals surface area contributed by atoms with E-state index in [9.17, 15) is 9.59 Å². The lowest BCUT2D eigenvalue weighted by atomic mass is 10.1. The van der Waals surface area contributed by atoms with E-state index in [0.29, 0.717) is 5.56 Å². The predicted octanol–water partition coefficient (Wildman–Crippen LogP) is 1.82. The number of hydrogen-bond donors (Lipinski definition) is 2. The van der Waals surface area contributed by atoms with Gasteiger partial charge in [0.05, 0.1) is 11.5 Å². The second kappa shape index (κ2) is 5.12. The molecule has 0 unspecified atom stereocenters. The van der Waals surface area contributed by atoms with E-state index in [1.54, 1.807) is 18.3 Å². The summed E-state index contributed by atoms with van der Waals surface area (Å²) in [6.45, 7) is 5.54. The summed E-state index contributed by atoms with van der Waals surface area (Å²) >= 11 is 1.56. The Bertz CT molecular complexity index is 411. The summed E-state index contributed by atoms with van der Waals surface area (Å²) in [5.74, 6) is -1.67. The molecule has 2 N–H and O–H groups in total. The third kappa shape index (κ3) is 3.06. The molecular weight excluding hydrogens is 226 g/mol. The zero-order chi connectivity index (χ0) is 12.3. The molecule has 0 radical (unpaired) electrons. The lowest BCUT2D eigenvalue weighted by Gasteiger charge is -2.07. The van der Waals surface area contributed by atoms with Gasteiger partial charge < -0.3 is 10.4 Å². The fourth-order valence-electron chi connectivity index (χ4n) is 1.28. The number of carboxylic acid groups (broad SMARTS) is 1. The summed E-state index contributed by atoms with van der Waals surface area (Å²) in [6, 6.07) is 1.82. The monoisotopic (exact) mass is 241 g/mol. The molecule has 5 heteroatoms. The molecule has 1 aromatic rings. The van der Waals surface area contributed by atoms with Crippen molar-refractivity contribution in [2.45, 2.75) is 20.8 Å². The Balaban J connectivity index is 2.60. The number of carboxylic acids is 1. The third-order valence-corrected chi connectivity index (χ3v) is 3.24. The molecule has 0 saturated carbocycles. The molecule has 0 saturated heterocycles. The first-order valence-corrected chi connectivity index (χ1v) is 5.81. The maximum absolute atomic E-state index is 11.7. The number of hydrogen-bond acceptors (Lipinski definition) is 3. The highest BCUT2D eigenvalue weighted by Crippen LogP contribution is 2.20. The minimum Gasteiger partial charge on any atom is -0.481 e. The van der Waals surface area contributed by atoms with Crippen LogP contribution in [0.2, 0.25) is 0 Å². The number of carbonyl (C=O) groups excluding carboxylic acids is 1. The van der Waals surface area contributed by atoms with Crippen LogP contribution >= 0.6 is 11.3 Å². The minimum absolute atomic E-state index is 0.155. The first kappa shape index (κ1) is 12.7. The molecule has 0 aliphatic rings. The molecule has 1 heterocycles. The van der Waals surface area contributed by atoms with Gasteiger partial charge in [-0.15, -0.1) is 11.3 Å². The van der Waals surface area contributed by atoms with Crippen molar-refractivity contribution in [3.63, 3.8) is 0 Å². The molecule has 0 aromatic carbocycles. The highest BCUT2D eigenvalue weighted by atomic mass is 32.1. The van der Waals surface area contributed by atoms with Gasteiger partial charge in [-0.25, -0.2) is 0 Å². The smallest absolute Gasteiger partial charge is 0.308 e. The van der Waals surface area contributed by atoms with Crippen LogP contribution in [-0.2, 0) is 4.79 Å². The zero-order valence-electron chi connectivity index (χ0n) is 9.53. The van der Waals surface area contributed by atoms with Gasteiger partial charge in [-0.1, -0.05) is 6.92 Å².